The molecular formula is C10H16N2O. The molecule has 0 aromatic rings. The smallest absolute Gasteiger partial charge is 0.239 e. The van der Waals surface area contributed by atoms with Crippen LogP contribution < -0.4 is 5.32 Å². The Balaban J connectivity index is 2.38. The summed E-state index contributed by atoms with van der Waals surface area (Å²) >= 11 is 0. The first kappa shape index (κ1) is 10.1. The SMILES string of the molecule is C#CCC(C)NC1CCN(C)C1=O. The second kappa shape index (κ2) is 4.29. The number of nitrogens with one attached hydrogen (secondary N) is 1. The van der Waals surface area contributed by atoms with Crippen molar-refractivity contribution in [3.05, 3.63) is 0 Å². The first-order valence-electron chi connectivity index (χ1n) is 4.59. The Labute approximate surface area is 79.5 Å². The Morgan fingerprint density at radius 1 is 1.85 bits per heavy atom. The fraction of sp³-hybridized carbons (Fsp3) is 0.700. The van der Waals surface area contributed by atoms with Gasteiger partial charge in [0.05, 0.1) is 6.04 Å². The van der Waals surface area contributed by atoms with Crippen molar-refractivity contribution in [2.75, 3.05) is 13.6 Å². The van der Waals surface area contributed by atoms with Crippen LogP contribution in [0.25, 0.3) is 0 Å². The maximum atomic E-state index is 11.5. The van der Waals surface area contributed by atoms with Gasteiger partial charge in [-0.05, 0) is 13.3 Å². The molecule has 1 fully saturated rings. The van der Waals surface area contributed by atoms with Crippen molar-refractivity contribution in [2.24, 2.45) is 0 Å². The fourth-order valence-corrected chi connectivity index (χ4v) is 1.56. The highest BCUT2D eigenvalue weighted by atomic mass is 16.2. The number of likely N-dealkylation sites (tertiary alicyclic amines) is 1. The zero-order valence-corrected chi connectivity index (χ0v) is 8.21. The third-order valence-electron chi connectivity index (χ3n) is 2.34. The maximum Gasteiger partial charge on any atom is 0.239 e. The Bertz CT molecular complexity index is 232. The molecule has 13 heavy (non-hydrogen) atoms. The molecule has 1 N–H and O–H groups in total. The van der Waals surface area contributed by atoms with Crippen LogP contribution in [0.2, 0.25) is 0 Å². The molecule has 0 aromatic carbocycles. The quantitative estimate of drug-likeness (QED) is 0.630. The van der Waals surface area contributed by atoms with Crippen molar-refractivity contribution in [1.82, 2.24) is 10.2 Å². The number of likely N-dealkylation sites (N-methyl/N-ethyl adjacent to an activating group) is 1. The molecule has 2 unspecified atom stereocenters. The molecule has 3 nitrogen and oxygen atoms in total. The van der Waals surface area contributed by atoms with Crippen LogP contribution in [0.5, 0.6) is 0 Å². The predicted molar refractivity (Wildman–Crippen MR) is 52.1 cm³/mol. The molecule has 2 atom stereocenters. The van der Waals surface area contributed by atoms with E-state index in [2.05, 4.69) is 11.2 Å². The van der Waals surface area contributed by atoms with Crippen LogP contribution in [0.4, 0.5) is 0 Å². The van der Waals surface area contributed by atoms with Crippen LogP contribution >= 0.6 is 0 Å². The summed E-state index contributed by atoms with van der Waals surface area (Å²) in [6.07, 6.45) is 6.75. The van der Waals surface area contributed by atoms with E-state index in [4.69, 9.17) is 6.42 Å². The van der Waals surface area contributed by atoms with E-state index in [9.17, 15) is 4.79 Å². The van der Waals surface area contributed by atoms with Crippen LogP contribution in [0.15, 0.2) is 0 Å². The number of terminal acetylenes is 1. The molecule has 1 rings (SSSR count). The summed E-state index contributed by atoms with van der Waals surface area (Å²) < 4.78 is 0. The highest BCUT2D eigenvalue weighted by molar-refractivity contribution is 5.83. The number of amides is 1. The molecule has 0 aliphatic carbocycles. The topological polar surface area (TPSA) is 32.3 Å². The number of hydrogen-bond donors (Lipinski definition) is 1. The molecule has 3 heteroatoms. The third-order valence-corrected chi connectivity index (χ3v) is 2.34. The molecule has 0 aromatic heterocycles. The summed E-state index contributed by atoms with van der Waals surface area (Å²) in [6.45, 7) is 2.85. The van der Waals surface area contributed by atoms with Crippen molar-refractivity contribution in [3.8, 4) is 12.3 Å². The largest absolute Gasteiger partial charge is 0.344 e. The zero-order valence-electron chi connectivity index (χ0n) is 8.21. The minimum Gasteiger partial charge on any atom is -0.344 e. The van der Waals surface area contributed by atoms with E-state index in [0.717, 1.165) is 13.0 Å². The molecule has 0 spiro atoms. The van der Waals surface area contributed by atoms with Gasteiger partial charge in [0, 0.05) is 26.1 Å². The first-order valence-corrected chi connectivity index (χ1v) is 4.59. The van der Waals surface area contributed by atoms with Gasteiger partial charge in [-0.25, -0.2) is 0 Å². The first-order chi connectivity index (χ1) is 6.15. The fourth-order valence-electron chi connectivity index (χ4n) is 1.56. The van der Waals surface area contributed by atoms with E-state index in [-0.39, 0.29) is 18.0 Å². The van der Waals surface area contributed by atoms with Crippen LogP contribution in [-0.4, -0.2) is 36.5 Å². The van der Waals surface area contributed by atoms with Gasteiger partial charge in [-0.2, -0.15) is 0 Å². The summed E-state index contributed by atoms with van der Waals surface area (Å²) in [5.74, 6) is 2.76. The van der Waals surface area contributed by atoms with E-state index in [1.54, 1.807) is 4.90 Å². The van der Waals surface area contributed by atoms with Crippen LogP contribution in [0.3, 0.4) is 0 Å². The molecule has 1 aliphatic rings. The molecule has 1 saturated heterocycles. The molecule has 1 heterocycles. The van der Waals surface area contributed by atoms with E-state index >= 15 is 0 Å². The molecule has 72 valence electrons. The number of carbonyl (C=O) groups excluding carboxylic acids is 1. The summed E-state index contributed by atoms with van der Waals surface area (Å²) in [5, 5.41) is 3.23. The summed E-state index contributed by atoms with van der Waals surface area (Å²) in [6, 6.07) is 0.207. The molecule has 1 amide bonds. The lowest BCUT2D eigenvalue weighted by Gasteiger charge is -2.16. The summed E-state index contributed by atoms with van der Waals surface area (Å²) in [4.78, 5) is 13.2. The highest BCUT2D eigenvalue weighted by Crippen LogP contribution is 2.09. The van der Waals surface area contributed by atoms with Gasteiger partial charge in [-0.3, -0.25) is 4.79 Å². The van der Waals surface area contributed by atoms with Gasteiger partial charge < -0.3 is 10.2 Å². The Hall–Kier alpha value is -1.01. The average molecular weight is 180 g/mol. The van der Waals surface area contributed by atoms with E-state index in [1.807, 2.05) is 14.0 Å². The lowest BCUT2D eigenvalue weighted by Crippen LogP contribution is -2.41. The summed E-state index contributed by atoms with van der Waals surface area (Å²) in [5.41, 5.74) is 0. The van der Waals surface area contributed by atoms with Gasteiger partial charge in [0.15, 0.2) is 0 Å². The van der Waals surface area contributed by atoms with Gasteiger partial charge in [-0.15, -0.1) is 12.3 Å². The number of nitrogens with zero attached hydrogens (tertiary/aromatic N) is 1. The van der Waals surface area contributed by atoms with Crippen molar-refractivity contribution >= 4 is 5.91 Å². The minimum atomic E-state index is -0.0200. The van der Waals surface area contributed by atoms with Crippen LogP contribution in [0.1, 0.15) is 19.8 Å². The third kappa shape index (κ3) is 2.46. The maximum absolute atomic E-state index is 11.5. The highest BCUT2D eigenvalue weighted by Gasteiger charge is 2.29. The molecule has 0 radical (unpaired) electrons. The lowest BCUT2D eigenvalue weighted by atomic mass is 10.2. The minimum absolute atomic E-state index is 0.0200. The zero-order chi connectivity index (χ0) is 9.84. The summed E-state index contributed by atoms with van der Waals surface area (Å²) in [7, 11) is 1.83. The van der Waals surface area contributed by atoms with E-state index in [1.165, 1.54) is 0 Å². The normalized spacial score (nSPS) is 24.5. The Morgan fingerprint density at radius 2 is 2.54 bits per heavy atom. The van der Waals surface area contributed by atoms with Crippen molar-refractivity contribution < 1.29 is 4.79 Å². The number of hydrogen-bond acceptors (Lipinski definition) is 2. The second-order valence-electron chi connectivity index (χ2n) is 3.58. The van der Waals surface area contributed by atoms with Gasteiger partial charge in [0.2, 0.25) is 5.91 Å². The second-order valence-corrected chi connectivity index (χ2v) is 3.58. The predicted octanol–water partition coefficient (Wildman–Crippen LogP) is 0.218. The number of carbonyl (C=O) groups is 1. The van der Waals surface area contributed by atoms with Gasteiger partial charge in [-0.1, -0.05) is 0 Å². The Morgan fingerprint density at radius 3 is 3.00 bits per heavy atom. The molecule has 1 aliphatic heterocycles. The monoisotopic (exact) mass is 180 g/mol. The lowest BCUT2D eigenvalue weighted by molar-refractivity contribution is -0.128. The van der Waals surface area contributed by atoms with E-state index < -0.39 is 0 Å². The van der Waals surface area contributed by atoms with Crippen LogP contribution in [-0.2, 0) is 4.79 Å². The molecule has 0 bridgehead atoms. The standard InChI is InChI=1S/C10H16N2O/c1-4-5-8(2)11-9-6-7-12(3)10(9)13/h1,8-9,11H,5-7H2,2-3H3. The van der Waals surface area contributed by atoms with Crippen molar-refractivity contribution in [1.29, 1.82) is 0 Å². The Kier molecular flexibility index (Phi) is 3.32. The van der Waals surface area contributed by atoms with Crippen LogP contribution in [0, 0.1) is 12.3 Å². The molecule has 0 saturated carbocycles. The van der Waals surface area contributed by atoms with E-state index in [0.29, 0.717) is 6.42 Å². The average Bonchev–Trinajstić information content (AvgIpc) is 2.37. The van der Waals surface area contributed by atoms with Crippen molar-refractivity contribution in [2.45, 2.75) is 31.8 Å². The van der Waals surface area contributed by atoms with Crippen molar-refractivity contribution in [3.63, 3.8) is 0 Å². The van der Waals surface area contributed by atoms with Gasteiger partial charge >= 0.3 is 0 Å². The van der Waals surface area contributed by atoms with Gasteiger partial charge in [0.1, 0.15) is 0 Å². The number of rotatable bonds is 3. The molecular weight excluding hydrogens is 164 g/mol. The van der Waals surface area contributed by atoms with Gasteiger partial charge in [0.25, 0.3) is 0 Å².